The summed E-state index contributed by atoms with van der Waals surface area (Å²) in [5.41, 5.74) is 1.05. The predicted octanol–water partition coefficient (Wildman–Crippen LogP) is 3.31. The Morgan fingerprint density at radius 2 is 1.87 bits per heavy atom. The summed E-state index contributed by atoms with van der Waals surface area (Å²) in [6, 6.07) is 20.5. The minimum Gasteiger partial charge on any atom is -0.467 e. The number of hydrogen-bond donors (Lipinski definition) is 1. The zero-order chi connectivity index (χ0) is 21.4. The van der Waals surface area contributed by atoms with Gasteiger partial charge in [0.15, 0.2) is 0 Å². The first kappa shape index (κ1) is 21.3. The maximum atomic E-state index is 13.0. The van der Waals surface area contributed by atoms with Crippen LogP contribution in [0.25, 0.3) is 0 Å². The van der Waals surface area contributed by atoms with Crippen LogP contribution in [0.5, 0.6) is 0 Å². The summed E-state index contributed by atoms with van der Waals surface area (Å²) in [5, 5.41) is 8.90. The second-order valence-electron chi connectivity index (χ2n) is 6.55. The van der Waals surface area contributed by atoms with Crippen LogP contribution in [0.4, 0.5) is 0 Å². The van der Waals surface area contributed by atoms with E-state index in [9.17, 15) is 13.2 Å². The smallest absolute Gasteiger partial charge is 0.254 e. The molecule has 0 fully saturated rings. The van der Waals surface area contributed by atoms with E-state index in [1.54, 1.807) is 18.2 Å². The highest BCUT2D eigenvalue weighted by atomic mass is 32.2. The molecule has 1 N–H and O–H groups in total. The normalized spacial score (nSPS) is 11.0. The minimum absolute atomic E-state index is 0.00233. The number of benzene rings is 2. The number of nitrogens with one attached hydrogen (secondary N) is 1. The Kier molecular flexibility index (Phi) is 7.01. The van der Waals surface area contributed by atoms with Gasteiger partial charge in [-0.2, -0.15) is 5.26 Å². The monoisotopic (exact) mass is 423 g/mol. The third-order valence-corrected chi connectivity index (χ3v) is 5.81. The highest BCUT2D eigenvalue weighted by molar-refractivity contribution is 7.89. The zero-order valence-electron chi connectivity index (χ0n) is 16.2. The Balaban J connectivity index is 1.78. The van der Waals surface area contributed by atoms with Gasteiger partial charge in [0.2, 0.25) is 10.0 Å². The van der Waals surface area contributed by atoms with Gasteiger partial charge < -0.3 is 9.32 Å². The first-order valence-electron chi connectivity index (χ1n) is 9.32. The maximum Gasteiger partial charge on any atom is 0.254 e. The standard InChI is InChI=1S/C22H21N3O4S/c23-12-6-13-25(17-20-10-5-14-29-20)22(26)19-9-4-11-21(15-19)30(27,28)24-16-18-7-2-1-3-8-18/h1-5,7-11,14-15,24H,6,13,16-17H2. The Morgan fingerprint density at radius 3 is 2.57 bits per heavy atom. The Bertz CT molecular complexity index is 1120. The van der Waals surface area contributed by atoms with E-state index in [-0.39, 0.29) is 42.4 Å². The van der Waals surface area contributed by atoms with Crippen molar-refractivity contribution in [3.8, 4) is 6.07 Å². The van der Waals surface area contributed by atoms with Crippen LogP contribution in [-0.4, -0.2) is 25.8 Å². The van der Waals surface area contributed by atoms with Crippen molar-refractivity contribution < 1.29 is 17.6 Å². The predicted molar refractivity (Wildman–Crippen MR) is 111 cm³/mol. The molecule has 0 aliphatic carbocycles. The number of carbonyl (C=O) groups excluding carboxylic acids is 1. The third kappa shape index (κ3) is 5.56. The molecule has 0 saturated carbocycles. The van der Waals surface area contributed by atoms with Crippen LogP contribution in [-0.2, 0) is 23.1 Å². The van der Waals surface area contributed by atoms with Crippen LogP contribution >= 0.6 is 0 Å². The van der Waals surface area contributed by atoms with Crippen molar-refractivity contribution in [2.45, 2.75) is 24.4 Å². The summed E-state index contributed by atoms with van der Waals surface area (Å²) in [6.45, 7) is 0.546. The Hall–Kier alpha value is -3.41. The number of amides is 1. The maximum absolute atomic E-state index is 13.0. The summed E-state index contributed by atoms with van der Waals surface area (Å²) in [4.78, 5) is 14.5. The fraction of sp³-hybridized carbons (Fsp3) is 0.182. The highest BCUT2D eigenvalue weighted by Gasteiger charge is 2.20. The average Bonchev–Trinajstić information content (AvgIpc) is 3.29. The molecule has 0 saturated heterocycles. The molecule has 0 aliphatic rings. The third-order valence-electron chi connectivity index (χ3n) is 4.41. The van der Waals surface area contributed by atoms with Crippen molar-refractivity contribution in [2.24, 2.45) is 0 Å². The molecule has 0 aliphatic heterocycles. The van der Waals surface area contributed by atoms with Gasteiger partial charge in [0.25, 0.3) is 5.91 Å². The van der Waals surface area contributed by atoms with Gasteiger partial charge in [0, 0.05) is 18.7 Å². The van der Waals surface area contributed by atoms with Crippen molar-refractivity contribution in [2.75, 3.05) is 6.54 Å². The largest absolute Gasteiger partial charge is 0.467 e. The number of hydrogen-bond acceptors (Lipinski definition) is 5. The molecule has 3 aromatic rings. The van der Waals surface area contributed by atoms with Crippen LogP contribution in [0.15, 0.2) is 82.3 Å². The molecule has 8 heteroatoms. The Morgan fingerprint density at radius 1 is 1.07 bits per heavy atom. The molecule has 2 aromatic carbocycles. The second kappa shape index (κ2) is 9.87. The number of carbonyl (C=O) groups is 1. The Labute approximate surface area is 175 Å². The number of nitriles is 1. The summed E-state index contributed by atoms with van der Waals surface area (Å²) in [5.74, 6) is 0.205. The first-order chi connectivity index (χ1) is 14.5. The van der Waals surface area contributed by atoms with Gasteiger partial charge in [-0.25, -0.2) is 13.1 Å². The summed E-state index contributed by atoms with van der Waals surface area (Å²) in [6.07, 6.45) is 1.66. The highest BCUT2D eigenvalue weighted by Crippen LogP contribution is 2.16. The molecule has 30 heavy (non-hydrogen) atoms. The topological polar surface area (TPSA) is 103 Å². The number of sulfonamides is 1. The molecule has 0 spiro atoms. The molecule has 1 heterocycles. The van der Waals surface area contributed by atoms with E-state index < -0.39 is 10.0 Å². The van der Waals surface area contributed by atoms with E-state index in [1.165, 1.54) is 29.4 Å². The number of furan rings is 1. The lowest BCUT2D eigenvalue weighted by molar-refractivity contribution is 0.0735. The van der Waals surface area contributed by atoms with Crippen molar-refractivity contribution in [3.63, 3.8) is 0 Å². The van der Waals surface area contributed by atoms with Crippen molar-refractivity contribution in [1.29, 1.82) is 5.26 Å². The molecule has 0 radical (unpaired) electrons. The van der Waals surface area contributed by atoms with E-state index in [4.69, 9.17) is 9.68 Å². The van der Waals surface area contributed by atoms with Gasteiger partial charge in [-0.05, 0) is 35.9 Å². The molecule has 3 rings (SSSR count). The number of nitrogens with zero attached hydrogens (tertiary/aromatic N) is 2. The lowest BCUT2D eigenvalue weighted by atomic mass is 10.2. The molecule has 7 nitrogen and oxygen atoms in total. The fourth-order valence-electron chi connectivity index (χ4n) is 2.86. The summed E-state index contributed by atoms with van der Waals surface area (Å²) >= 11 is 0. The van der Waals surface area contributed by atoms with Gasteiger partial charge in [-0.3, -0.25) is 4.79 Å². The molecule has 1 aromatic heterocycles. The molecule has 0 bridgehead atoms. The van der Waals surface area contributed by atoms with Gasteiger partial charge in [-0.15, -0.1) is 0 Å². The van der Waals surface area contributed by atoms with Crippen LogP contribution in [0, 0.1) is 11.3 Å². The van der Waals surface area contributed by atoms with Crippen molar-refractivity contribution in [1.82, 2.24) is 9.62 Å². The van der Waals surface area contributed by atoms with E-state index in [2.05, 4.69) is 4.72 Å². The van der Waals surface area contributed by atoms with Gasteiger partial charge in [-0.1, -0.05) is 36.4 Å². The van der Waals surface area contributed by atoms with Gasteiger partial charge in [0.05, 0.1) is 30.2 Å². The van der Waals surface area contributed by atoms with Crippen molar-refractivity contribution in [3.05, 3.63) is 89.9 Å². The summed E-state index contributed by atoms with van der Waals surface area (Å²) in [7, 11) is -3.80. The minimum atomic E-state index is -3.80. The molecule has 0 unspecified atom stereocenters. The first-order valence-corrected chi connectivity index (χ1v) is 10.8. The van der Waals surface area contributed by atoms with E-state index >= 15 is 0 Å². The second-order valence-corrected chi connectivity index (χ2v) is 8.32. The molecular weight excluding hydrogens is 402 g/mol. The fourth-order valence-corrected chi connectivity index (χ4v) is 3.93. The molecule has 0 atom stereocenters. The lowest BCUT2D eigenvalue weighted by Gasteiger charge is -2.21. The zero-order valence-corrected chi connectivity index (χ0v) is 17.0. The number of rotatable bonds is 9. The SMILES string of the molecule is N#CCCN(Cc1ccco1)C(=O)c1cccc(S(=O)(=O)NCc2ccccc2)c1. The van der Waals surface area contributed by atoms with Crippen molar-refractivity contribution >= 4 is 15.9 Å². The van der Waals surface area contributed by atoms with Gasteiger partial charge in [0.1, 0.15) is 5.76 Å². The van der Waals surface area contributed by atoms with Crippen LogP contribution < -0.4 is 4.72 Å². The quantitative estimate of drug-likeness (QED) is 0.569. The van der Waals surface area contributed by atoms with Gasteiger partial charge >= 0.3 is 0 Å². The molecular formula is C22H21N3O4S. The summed E-state index contributed by atoms with van der Waals surface area (Å²) < 4.78 is 33.2. The molecule has 1 amide bonds. The van der Waals surface area contributed by atoms with Crippen LogP contribution in [0.1, 0.15) is 28.1 Å². The molecule has 154 valence electrons. The van der Waals surface area contributed by atoms with E-state index in [1.807, 2.05) is 36.4 Å². The van der Waals surface area contributed by atoms with E-state index in [0.29, 0.717) is 5.76 Å². The van der Waals surface area contributed by atoms with Crippen LogP contribution in [0.3, 0.4) is 0 Å². The lowest BCUT2D eigenvalue weighted by Crippen LogP contribution is -2.31. The van der Waals surface area contributed by atoms with Crippen LogP contribution in [0.2, 0.25) is 0 Å². The van der Waals surface area contributed by atoms with E-state index in [0.717, 1.165) is 5.56 Å². The average molecular weight is 423 g/mol.